The Labute approximate surface area is 93.6 Å². The van der Waals surface area contributed by atoms with Crippen molar-refractivity contribution in [3.05, 3.63) is 29.3 Å². The number of nitrogens with zero attached hydrogens (tertiary/aromatic N) is 1. The van der Waals surface area contributed by atoms with E-state index in [9.17, 15) is 4.79 Å². The maximum Gasteiger partial charge on any atom is 0.339 e. The first kappa shape index (κ1) is 11.6. The van der Waals surface area contributed by atoms with Crippen LogP contribution in [0.15, 0.2) is 18.2 Å². The highest BCUT2D eigenvalue weighted by atomic mass is 16.5. The Hall–Kier alpha value is -2.46. The van der Waals surface area contributed by atoms with Crippen LogP contribution in [0.2, 0.25) is 0 Å². The number of hydrogen-bond acceptors (Lipinski definition) is 4. The number of nitrogen functional groups attached to an aromatic ring is 1. The van der Waals surface area contributed by atoms with Crippen molar-refractivity contribution in [1.82, 2.24) is 0 Å². The molecule has 0 aliphatic carbocycles. The Kier molecular flexibility index (Phi) is 3.94. The number of nitriles is 1. The minimum Gasteiger partial charge on any atom is -0.465 e. The molecule has 0 saturated heterocycles. The SMILES string of the molecule is COC(=O)c1ccc(C#CCC#N)cc1N. The van der Waals surface area contributed by atoms with E-state index < -0.39 is 5.97 Å². The normalized spacial score (nSPS) is 8.50. The molecular formula is C12H10N2O2. The standard InChI is InChI=1S/C12H10N2O2/c1-16-12(15)10-6-5-9(8-11(10)14)4-2-3-7-13/h5-6,8H,3,14H2,1H3. The van der Waals surface area contributed by atoms with E-state index in [1.54, 1.807) is 18.2 Å². The second kappa shape index (κ2) is 5.43. The molecule has 2 N–H and O–H groups in total. The first-order valence-electron chi connectivity index (χ1n) is 4.52. The van der Waals surface area contributed by atoms with E-state index in [1.165, 1.54) is 7.11 Å². The van der Waals surface area contributed by atoms with Gasteiger partial charge in [0.05, 0.1) is 25.2 Å². The summed E-state index contributed by atoms with van der Waals surface area (Å²) in [6.45, 7) is 0. The van der Waals surface area contributed by atoms with Crippen LogP contribution in [0.25, 0.3) is 0 Å². The van der Waals surface area contributed by atoms with E-state index in [4.69, 9.17) is 11.0 Å². The maximum absolute atomic E-state index is 11.2. The van der Waals surface area contributed by atoms with Crippen LogP contribution in [-0.4, -0.2) is 13.1 Å². The van der Waals surface area contributed by atoms with Gasteiger partial charge in [-0.2, -0.15) is 5.26 Å². The molecule has 0 radical (unpaired) electrons. The van der Waals surface area contributed by atoms with Gasteiger partial charge in [0.2, 0.25) is 0 Å². The number of rotatable bonds is 1. The molecule has 4 heteroatoms. The Morgan fingerprint density at radius 2 is 2.31 bits per heavy atom. The van der Waals surface area contributed by atoms with Crippen molar-refractivity contribution in [3.8, 4) is 17.9 Å². The maximum atomic E-state index is 11.2. The molecule has 0 aliphatic rings. The molecular weight excluding hydrogens is 204 g/mol. The molecule has 16 heavy (non-hydrogen) atoms. The van der Waals surface area contributed by atoms with E-state index in [0.29, 0.717) is 16.8 Å². The molecule has 0 unspecified atom stereocenters. The number of methoxy groups -OCH3 is 1. The molecule has 0 saturated carbocycles. The molecule has 80 valence electrons. The first-order valence-corrected chi connectivity index (χ1v) is 4.52. The molecule has 0 amide bonds. The summed E-state index contributed by atoms with van der Waals surface area (Å²) >= 11 is 0. The highest BCUT2D eigenvalue weighted by Crippen LogP contribution is 2.14. The summed E-state index contributed by atoms with van der Waals surface area (Å²) in [4.78, 5) is 11.2. The molecule has 0 aromatic heterocycles. The molecule has 0 heterocycles. The van der Waals surface area contributed by atoms with E-state index in [2.05, 4.69) is 16.6 Å². The van der Waals surface area contributed by atoms with Gasteiger partial charge in [-0.25, -0.2) is 4.79 Å². The van der Waals surface area contributed by atoms with E-state index in [0.717, 1.165) is 0 Å². The minimum atomic E-state index is -0.478. The van der Waals surface area contributed by atoms with Crippen LogP contribution in [0.3, 0.4) is 0 Å². The van der Waals surface area contributed by atoms with Crippen molar-refractivity contribution in [2.24, 2.45) is 0 Å². The summed E-state index contributed by atoms with van der Waals surface area (Å²) in [5.41, 5.74) is 6.96. The topological polar surface area (TPSA) is 76.1 Å². The molecule has 4 nitrogen and oxygen atoms in total. The van der Waals surface area contributed by atoms with Gasteiger partial charge in [0.25, 0.3) is 0 Å². The average molecular weight is 214 g/mol. The summed E-state index contributed by atoms with van der Waals surface area (Å²) in [5, 5.41) is 8.31. The lowest BCUT2D eigenvalue weighted by Crippen LogP contribution is -2.05. The predicted molar refractivity (Wildman–Crippen MR) is 59.3 cm³/mol. The number of esters is 1. The lowest BCUT2D eigenvalue weighted by Gasteiger charge is -2.03. The third kappa shape index (κ3) is 2.76. The largest absolute Gasteiger partial charge is 0.465 e. The fourth-order valence-corrected chi connectivity index (χ4v) is 1.12. The highest BCUT2D eigenvalue weighted by Gasteiger charge is 2.09. The van der Waals surface area contributed by atoms with E-state index >= 15 is 0 Å². The predicted octanol–water partition coefficient (Wildman–Crippen LogP) is 1.32. The smallest absolute Gasteiger partial charge is 0.339 e. The van der Waals surface area contributed by atoms with Crippen molar-refractivity contribution in [2.75, 3.05) is 12.8 Å². The van der Waals surface area contributed by atoms with Gasteiger partial charge in [-0.3, -0.25) is 0 Å². The molecule has 0 aliphatic heterocycles. The van der Waals surface area contributed by atoms with Gasteiger partial charge >= 0.3 is 5.97 Å². The second-order valence-electron chi connectivity index (χ2n) is 2.93. The Balaban J connectivity index is 2.98. The van der Waals surface area contributed by atoms with Crippen LogP contribution >= 0.6 is 0 Å². The number of carbonyl (C=O) groups excluding carboxylic acids is 1. The van der Waals surface area contributed by atoms with Crippen molar-refractivity contribution in [2.45, 2.75) is 6.42 Å². The van der Waals surface area contributed by atoms with E-state index in [-0.39, 0.29) is 6.42 Å². The molecule has 0 bridgehead atoms. The molecule has 0 spiro atoms. The number of ether oxygens (including phenoxy) is 1. The van der Waals surface area contributed by atoms with Crippen LogP contribution in [0.4, 0.5) is 5.69 Å². The Bertz CT molecular complexity index is 504. The third-order valence-corrected chi connectivity index (χ3v) is 1.86. The molecule has 0 fully saturated rings. The summed E-state index contributed by atoms with van der Waals surface area (Å²) in [7, 11) is 1.29. The lowest BCUT2D eigenvalue weighted by atomic mass is 10.1. The minimum absolute atomic E-state index is 0.165. The fourth-order valence-electron chi connectivity index (χ4n) is 1.12. The van der Waals surface area contributed by atoms with Gasteiger partial charge < -0.3 is 10.5 Å². The molecule has 1 aromatic rings. The van der Waals surface area contributed by atoms with Crippen LogP contribution < -0.4 is 5.73 Å². The van der Waals surface area contributed by atoms with E-state index in [1.807, 2.05) is 6.07 Å². The number of anilines is 1. The monoisotopic (exact) mass is 214 g/mol. The molecule has 1 rings (SSSR count). The van der Waals surface area contributed by atoms with Gasteiger partial charge in [-0.05, 0) is 18.2 Å². The van der Waals surface area contributed by atoms with Gasteiger partial charge in [0, 0.05) is 11.3 Å². The Morgan fingerprint density at radius 1 is 1.56 bits per heavy atom. The Morgan fingerprint density at radius 3 is 2.88 bits per heavy atom. The van der Waals surface area contributed by atoms with Crippen molar-refractivity contribution in [3.63, 3.8) is 0 Å². The third-order valence-electron chi connectivity index (χ3n) is 1.86. The van der Waals surface area contributed by atoms with Gasteiger partial charge in [0.15, 0.2) is 0 Å². The summed E-state index contributed by atoms with van der Waals surface area (Å²) in [6.07, 6.45) is 0.165. The van der Waals surface area contributed by atoms with Gasteiger partial charge in [-0.15, -0.1) is 0 Å². The van der Waals surface area contributed by atoms with Crippen LogP contribution in [0.5, 0.6) is 0 Å². The average Bonchev–Trinajstić information content (AvgIpc) is 2.29. The van der Waals surface area contributed by atoms with Crippen molar-refractivity contribution < 1.29 is 9.53 Å². The fraction of sp³-hybridized carbons (Fsp3) is 0.167. The molecule has 0 atom stereocenters. The molecule has 1 aromatic carbocycles. The second-order valence-corrected chi connectivity index (χ2v) is 2.93. The summed E-state index contributed by atoms with van der Waals surface area (Å²) in [6, 6.07) is 6.71. The van der Waals surface area contributed by atoms with Gasteiger partial charge in [0.1, 0.15) is 0 Å². The lowest BCUT2D eigenvalue weighted by molar-refractivity contribution is 0.0602. The van der Waals surface area contributed by atoms with Crippen molar-refractivity contribution >= 4 is 11.7 Å². The zero-order chi connectivity index (χ0) is 12.0. The summed E-state index contributed by atoms with van der Waals surface area (Å²) in [5.74, 6) is 4.95. The number of carbonyl (C=O) groups is 1. The van der Waals surface area contributed by atoms with Crippen LogP contribution in [-0.2, 0) is 4.74 Å². The zero-order valence-electron chi connectivity index (χ0n) is 8.78. The van der Waals surface area contributed by atoms with Crippen LogP contribution in [0.1, 0.15) is 22.3 Å². The van der Waals surface area contributed by atoms with Crippen LogP contribution in [0, 0.1) is 23.2 Å². The highest BCUT2D eigenvalue weighted by molar-refractivity contribution is 5.95. The zero-order valence-corrected chi connectivity index (χ0v) is 8.78. The summed E-state index contributed by atoms with van der Waals surface area (Å²) < 4.78 is 4.56. The van der Waals surface area contributed by atoms with Gasteiger partial charge in [-0.1, -0.05) is 11.8 Å². The number of nitrogens with two attached hydrogens (primary N) is 1. The first-order chi connectivity index (χ1) is 7.69. The number of benzene rings is 1. The number of hydrogen-bond donors (Lipinski definition) is 1. The van der Waals surface area contributed by atoms with Crippen molar-refractivity contribution in [1.29, 1.82) is 5.26 Å². The quantitative estimate of drug-likeness (QED) is 0.434.